The first-order chi connectivity index (χ1) is 15.0. The molecule has 1 saturated heterocycles. The highest BCUT2D eigenvalue weighted by atomic mass is 16.5. The van der Waals surface area contributed by atoms with Gasteiger partial charge in [0.15, 0.2) is 0 Å². The Balaban J connectivity index is 1.61. The summed E-state index contributed by atoms with van der Waals surface area (Å²) in [5.41, 5.74) is 0.338. The molecule has 0 bridgehead atoms. The maximum Gasteiger partial charge on any atom is 0.234 e. The number of rotatable bonds is 6. The predicted octanol–water partition coefficient (Wildman–Crippen LogP) is 3.82. The first kappa shape index (κ1) is 22.4. The average molecular weight is 431 g/mol. The Labute approximate surface area is 186 Å². The molecule has 1 aromatic carbocycles. The van der Waals surface area contributed by atoms with Crippen molar-refractivity contribution in [3.05, 3.63) is 23.8 Å². The minimum absolute atomic E-state index is 0.0683. The average Bonchev–Trinajstić information content (AvgIpc) is 2.79. The van der Waals surface area contributed by atoms with Gasteiger partial charge in [-0.15, -0.1) is 0 Å². The fourth-order valence-electron chi connectivity index (χ4n) is 6.11. The third-order valence-corrected chi connectivity index (χ3v) is 7.74. The topological polar surface area (TPSA) is 71.0 Å². The SMILES string of the molecule is COc1ccc(OC)c([C@H]2[C@@H]3CCCC[C@]3(O)CCN2CC(=O)NC2CCCCC2)c1. The van der Waals surface area contributed by atoms with E-state index in [2.05, 4.69) is 10.2 Å². The molecule has 0 spiro atoms. The molecule has 0 aromatic heterocycles. The second-order valence-corrected chi connectivity index (χ2v) is 9.63. The lowest BCUT2D eigenvalue weighted by Crippen LogP contribution is -2.56. The van der Waals surface area contributed by atoms with Gasteiger partial charge in [0.25, 0.3) is 0 Å². The van der Waals surface area contributed by atoms with Crippen LogP contribution in [0.25, 0.3) is 0 Å². The number of piperidine rings is 1. The molecule has 31 heavy (non-hydrogen) atoms. The fraction of sp³-hybridized carbons (Fsp3) is 0.720. The molecule has 0 unspecified atom stereocenters. The Kier molecular flexibility index (Phi) is 7.07. The lowest BCUT2D eigenvalue weighted by atomic mass is 9.66. The van der Waals surface area contributed by atoms with Crippen LogP contribution in [0, 0.1) is 5.92 Å². The van der Waals surface area contributed by atoms with Crippen molar-refractivity contribution in [3.63, 3.8) is 0 Å². The van der Waals surface area contributed by atoms with Gasteiger partial charge in [0.2, 0.25) is 5.91 Å². The zero-order valence-electron chi connectivity index (χ0n) is 19.1. The third-order valence-electron chi connectivity index (χ3n) is 7.74. The summed E-state index contributed by atoms with van der Waals surface area (Å²) in [4.78, 5) is 15.3. The van der Waals surface area contributed by atoms with Gasteiger partial charge in [-0.05, 0) is 50.3 Å². The predicted molar refractivity (Wildman–Crippen MR) is 120 cm³/mol. The van der Waals surface area contributed by atoms with E-state index in [1.807, 2.05) is 18.2 Å². The van der Waals surface area contributed by atoms with Crippen LogP contribution in [0.15, 0.2) is 18.2 Å². The molecule has 6 nitrogen and oxygen atoms in total. The smallest absolute Gasteiger partial charge is 0.234 e. The van der Waals surface area contributed by atoms with Gasteiger partial charge in [-0.25, -0.2) is 0 Å². The van der Waals surface area contributed by atoms with Crippen molar-refractivity contribution in [2.24, 2.45) is 5.92 Å². The highest BCUT2D eigenvalue weighted by Gasteiger charge is 2.50. The van der Waals surface area contributed by atoms with E-state index in [1.54, 1.807) is 14.2 Å². The Bertz CT molecular complexity index is 764. The number of nitrogens with zero attached hydrogens (tertiary/aromatic N) is 1. The summed E-state index contributed by atoms with van der Waals surface area (Å²) in [5, 5.41) is 14.8. The van der Waals surface area contributed by atoms with Gasteiger partial charge >= 0.3 is 0 Å². The zero-order valence-corrected chi connectivity index (χ0v) is 19.1. The first-order valence-corrected chi connectivity index (χ1v) is 12.0. The molecular formula is C25H38N2O4. The van der Waals surface area contributed by atoms with Crippen molar-refractivity contribution in [1.29, 1.82) is 0 Å². The van der Waals surface area contributed by atoms with Gasteiger partial charge in [0, 0.05) is 30.1 Å². The number of hydrogen-bond donors (Lipinski definition) is 2. The van der Waals surface area contributed by atoms with Crippen molar-refractivity contribution in [3.8, 4) is 11.5 Å². The van der Waals surface area contributed by atoms with Gasteiger partial charge in [-0.2, -0.15) is 0 Å². The summed E-state index contributed by atoms with van der Waals surface area (Å²) >= 11 is 0. The van der Waals surface area contributed by atoms with Crippen LogP contribution in [0.5, 0.6) is 11.5 Å². The molecule has 1 amide bonds. The van der Waals surface area contributed by atoms with Crippen molar-refractivity contribution in [2.75, 3.05) is 27.3 Å². The number of hydrogen-bond acceptors (Lipinski definition) is 5. The number of methoxy groups -OCH3 is 2. The zero-order chi connectivity index (χ0) is 21.8. The van der Waals surface area contributed by atoms with Crippen LogP contribution in [0.3, 0.4) is 0 Å². The fourth-order valence-corrected chi connectivity index (χ4v) is 6.11. The van der Waals surface area contributed by atoms with E-state index in [9.17, 15) is 9.90 Å². The summed E-state index contributed by atoms with van der Waals surface area (Å²) in [6.45, 7) is 1.06. The molecule has 1 heterocycles. The standard InChI is InChI=1S/C25H38N2O4/c1-30-19-11-12-22(31-2)20(16-19)24-21-10-6-7-13-25(21,29)14-15-27(24)17-23(28)26-18-8-4-3-5-9-18/h11-12,16,18,21,24,29H,3-10,13-15,17H2,1-2H3,(H,26,28)/t21-,24-,25-/m0/s1. The van der Waals surface area contributed by atoms with Gasteiger partial charge < -0.3 is 19.9 Å². The van der Waals surface area contributed by atoms with E-state index in [4.69, 9.17) is 9.47 Å². The highest BCUT2D eigenvalue weighted by molar-refractivity contribution is 5.78. The van der Waals surface area contributed by atoms with E-state index in [1.165, 1.54) is 19.3 Å². The lowest BCUT2D eigenvalue weighted by molar-refractivity contribution is -0.138. The van der Waals surface area contributed by atoms with Crippen molar-refractivity contribution >= 4 is 5.91 Å². The van der Waals surface area contributed by atoms with Gasteiger partial charge in [-0.1, -0.05) is 32.1 Å². The minimum Gasteiger partial charge on any atom is -0.497 e. The summed E-state index contributed by atoms with van der Waals surface area (Å²) < 4.78 is 11.2. The quantitative estimate of drug-likeness (QED) is 0.718. The number of fused-ring (bicyclic) bond motifs is 1. The van der Waals surface area contributed by atoms with Crippen LogP contribution in [0.1, 0.15) is 75.8 Å². The van der Waals surface area contributed by atoms with Gasteiger partial charge in [0.1, 0.15) is 11.5 Å². The second kappa shape index (κ2) is 9.78. The molecule has 3 aliphatic rings. The molecule has 2 aliphatic carbocycles. The molecule has 6 heteroatoms. The van der Waals surface area contributed by atoms with Crippen LogP contribution in [0.4, 0.5) is 0 Å². The molecule has 3 atom stereocenters. The van der Waals surface area contributed by atoms with Crippen LogP contribution in [0.2, 0.25) is 0 Å². The first-order valence-electron chi connectivity index (χ1n) is 12.0. The largest absolute Gasteiger partial charge is 0.497 e. The summed E-state index contributed by atoms with van der Waals surface area (Å²) in [6, 6.07) is 6.10. The molecule has 4 rings (SSSR count). The molecule has 1 aromatic rings. The monoisotopic (exact) mass is 430 g/mol. The number of ether oxygens (including phenoxy) is 2. The Hall–Kier alpha value is -1.79. The number of amides is 1. The number of likely N-dealkylation sites (tertiary alicyclic amines) is 1. The van der Waals surface area contributed by atoms with Gasteiger partial charge in [-0.3, -0.25) is 9.69 Å². The summed E-state index contributed by atoms with van der Waals surface area (Å²) in [5.74, 6) is 1.74. The van der Waals surface area contributed by atoms with Crippen molar-refractivity contribution in [2.45, 2.75) is 81.9 Å². The van der Waals surface area contributed by atoms with Crippen LogP contribution < -0.4 is 14.8 Å². The number of nitrogens with one attached hydrogen (secondary N) is 1. The molecule has 3 fully saturated rings. The normalized spacial score (nSPS) is 29.8. The van der Waals surface area contributed by atoms with Crippen molar-refractivity contribution < 1.29 is 19.4 Å². The molecule has 1 aliphatic heterocycles. The molecule has 2 N–H and O–H groups in total. The van der Waals surface area contributed by atoms with Gasteiger partial charge in [0.05, 0.1) is 26.4 Å². The lowest BCUT2D eigenvalue weighted by Gasteiger charge is -2.52. The highest BCUT2D eigenvalue weighted by Crippen LogP contribution is 2.51. The number of aliphatic hydroxyl groups is 1. The maximum atomic E-state index is 13.0. The van der Waals surface area contributed by atoms with E-state index in [-0.39, 0.29) is 17.9 Å². The molecule has 2 saturated carbocycles. The number of carbonyl (C=O) groups excluding carboxylic acids is 1. The Morgan fingerprint density at radius 3 is 2.61 bits per heavy atom. The van der Waals surface area contributed by atoms with Crippen molar-refractivity contribution in [1.82, 2.24) is 10.2 Å². The second-order valence-electron chi connectivity index (χ2n) is 9.63. The number of benzene rings is 1. The Morgan fingerprint density at radius 2 is 1.87 bits per heavy atom. The summed E-state index contributed by atoms with van der Waals surface area (Å²) in [7, 11) is 3.35. The van der Waals surface area contributed by atoms with Crippen LogP contribution >= 0.6 is 0 Å². The van der Waals surface area contributed by atoms with E-state index in [0.29, 0.717) is 19.1 Å². The van der Waals surface area contributed by atoms with Crippen LogP contribution in [-0.2, 0) is 4.79 Å². The van der Waals surface area contributed by atoms with Crippen LogP contribution in [-0.4, -0.2) is 54.9 Å². The Morgan fingerprint density at radius 1 is 1.10 bits per heavy atom. The third kappa shape index (κ3) is 4.85. The molecule has 0 radical (unpaired) electrons. The molecular weight excluding hydrogens is 392 g/mol. The maximum absolute atomic E-state index is 13.0. The number of carbonyl (C=O) groups is 1. The minimum atomic E-state index is -0.673. The molecule has 172 valence electrons. The van der Waals surface area contributed by atoms with E-state index in [0.717, 1.165) is 62.0 Å². The van der Waals surface area contributed by atoms with E-state index < -0.39 is 5.60 Å². The van der Waals surface area contributed by atoms with E-state index >= 15 is 0 Å². The summed E-state index contributed by atoms with van der Waals surface area (Å²) in [6.07, 6.45) is 10.5.